The summed E-state index contributed by atoms with van der Waals surface area (Å²) in [6, 6.07) is 4.35. The Morgan fingerprint density at radius 1 is 1.17 bits per heavy atom. The summed E-state index contributed by atoms with van der Waals surface area (Å²) in [6.07, 6.45) is 0.586. The second kappa shape index (κ2) is 7.63. The molecule has 2 heteroatoms. The molecule has 0 bridgehead atoms. The van der Waals surface area contributed by atoms with Crippen LogP contribution < -0.4 is 0 Å². The van der Waals surface area contributed by atoms with Crippen molar-refractivity contribution >= 4 is 7.85 Å². The fourth-order valence-corrected chi connectivity index (χ4v) is 2.21. The Hall–Kier alpha value is -0.755. The van der Waals surface area contributed by atoms with E-state index in [-0.39, 0.29) is 5.60 Å². The van der Waals surface area contributed by atoms with Crippen molar-refractivity contribution in [1.82, 2.24) is 0 Å². The van der Waals surface area contributed by atoms with Gasteiger partial charge in [-0.1, -0.05) is 43.4 Å². The van der Waals surface area contributed by atoms with Crippen LogP contribution in [0.4, 0.5) is 0 Å². The number of hydrogen-bond acceptors (Lipinski definition) is 1. The van der Waals surface area contributed by atoms with Crippen LogP contribution in [-0.4, -0.2) is 14.5 Å². The summed E-state index contributed by atoms with van der Waals surface area (Å²) in [5.41, 5.74) is 4.72. The Labute approximate surface area is 114 Å². The first kappa shape index (κ1) is 17.2. The molecule has 0 saturated carbocycles. The van der Waals surface area contributed by atoms with Crippen LogP contribution in [0, 0.1) is 13.8 Å². The average Bonchev–Trinajstić information content (AvgIpc) is 2.34. The molecule has 100 valence electrons. The highest BCUT2D eigenvalue weighted by molar-refractivity contribution is 6.08. The van der Waals surface area contributed by atoms with E-state index >= 15 is 0 Å². The highest BCUT2D eigenvalue weighted by Gasteiger charge is 2.23. The third-order valence-electron chi connectivity index (χ3n) is 3.03. The fourth-order valence-electron chi connectivity index (χ4n) is 2.21. The lowest BCUT2D eigenvalue weighted by Gasteiger charge is -2.28. The third-order valence-corrected chi connectivity index (χ3v) is 3.03. The van der Waals surface area contributed by atoms with Gasteiger partial charge in [0.1, 0.15) is 0 Å². The molecule has 0 saturated heterocycles. The molecular weight excluding hydrogens is 219 g/mol. The van der Waals surface area contributed by atoms with Gasteiger partial charge in [0.25, 0.3) is 0 Å². The van der Waals surface area contributed by atoms with Gasteiger partial charge in [-0.05, 0) is 45.7 Å². The van der Waals surface area contributed by atoms with E-state index in [1.807, 2.05) is 20.8 Å². The minimum absolute atomic E-state index is 0.241. The molecule has 18 heavy (non-hydrogen) atoms. The van der Waals surface area contributed by atoms with Crippen molar-refractivity contribution < 1.29 is 4.74 Å². The maximum Gasteiger partial charge on any atom is 0.0877 e. The van der Waals surface area contributed by atoms with E-state index in [4.69, 9.17) is 12.6 Å². The zero-order chi connectivity index (χ0) is 14.3. The smallest absolute Gasteiger partial charge is 0.0877 e. The zero-order valence-corrected chi connectivity index (χ0v) is 13.1. The SMILES string of the molecule is CC.[B]Cc1cc(C)cc(C(C)(C)OCC)c1C. The molecule has 1 nitrogen and oxygen atoms in total. The van der Waals surface area contributed by atoms with Crippen molar-refractivity contribution in [2.75, 3.05) is 6.61 Å². The summed E-state index contributed by atoms with van der Waals surface area (Å²) in [6.45, 7) is 15.2. The third kappa shape index (κ3) is 4.17. The standard InChI is InChI=1S/C14H21BO.C2H6/c1-6-16-14(4,5)13-8-10(2)7-12(9-15)11(13)3;1-2/h7-8H,6,9H2,1-5H3;1-2H3. The molecule has 0 aliphatic heterocycles. The van der Waals surface area contributed by atoms with Crippen molar-refractivity contribution in [1.29, 1.82) is 0 Å². The number of rotatable bonds is 4. The van der Waals surface area contributed by atoms with Crippen molar-refractivity contribution in [2.24, 2.45) is 0 Å². The van der Waals surface area contributed by atoms with Gasteiger partial charge < -0.3 is 4.74 Å². The van der Waals surface area contributed by atoms with Gasteiger partial charge >= 0.3 is 0 Å². The van der Waals surface area contributed by atoms with Crippen LogP contribution in [0.5, 0.6) is 0 Å². The van der Waals surface area contributed by atoms with Gasteiger partial charge in [0, 0.05) is 6.61 Å². The summed E-state index contributed by atoms with van der Waals surface area (Å²) in [5, 5.41) is 0. The highest BCUT2D eigenvalue weighted by atomic mass is 16.5. The van der Waals surface area contributed by atoms with Crippen LogP contribution in [-0.2, 0) is 16.7 Å². The van der Waals surface area contributed by atoms with Crippen molar-refractivity contribution in [3.05, 3.63) is 34.4 Å². The van der Waals surface area contributed by atoms with Gasteiger partial charge in [-0.2, -0.15) is 0 Å². The van der Waals surface area contributed by atoms with E-state index in [9.17, 15) is 0 Å². The molecule has 0 atom stereocenters. The maximum atomic E-state index is 5.81. The molecule has 0 aromatic heterocycles. The van der Waals surface area contributed by atoms with Gasteiger partial charge in [-0.25, -0.2) is 0 Å². The zero-order valence-electron chi connectivity index (χ0n) is 13.1. The molecule has 1 aromatic rings. The van der Waals surface area contributed by atoms with Gasteiger partial charge in [-0.15, -0.1) is 0 Å². The molecule has 0 N–H and O–H groups in total. The van der Waals surface area contributed by atoms with Crippen LogP contribution in [0.15, 0.2) is 12.1 Å². The van der Waals surface area contributed by atoms with Gasteiger partial charge in [0.2, 0.25) is 0 Å². The van der Waals surface area contributed by atoms with E-state index in [0.29, 0.717) is 6.32 Å². The largest absolute Gasteiger partial charge is 0.371 e. The van der Waals surface area contributed by atoms with E-state index in [1.54, 1.807) is 0 Å². The molecule has 2 radical (unpaired) electrons. The first-order chi connectivity index (χ1) is 8.42. The van der Waals surface area contributed by atoms with Crippen LogP contribution in [0.2, 0.25) is 0 Å². The van der Waals surface area contributed by atoms with Crippen LogP contribution >= 0.6 is 0 Å². The highest BCUT2D eigenvalue weighted by Crippen LogP contribution is 2.30. The Kier molecular flexibility index (Phi) is 7.31. The summed E-state index contributed by atoms with van der Waals surface area (Å²) in [5.74, 6) is 0. The molecule has 0 heterocycles. The summed E-state index contributed by atoms with van der Waals surface area (Å²) < 4.78 is 5.81. The summed E-state index contributed by atoms with van der Waals surface area (Å²) in [4.78, 5) is 0. The molecule has 1 rings (SSSR count). The topological polar surface area (TPSA) is 9.23 Å². The Morgan fingerprint density at radius 3 is 2.17 bits per heavy atom. The monoisotopic (exact) mass is 246 g/mol. The fraction of sp³-hybridized carbons (Fsp3) is 0.625. The van der Waals surface area contributed by atoms with Crippen LogP contribution in [0.1, 0.15) is 56.9 Å². The second-order valence-corrected chi connectivity index (χ2v) is 4.74. The van der Waals surface area contributed by atoms with Gasteiger partial charge in [-0.3, -0.25) is 0 Å². The number of ether oxygens (including phenoxy) is 1. The van der Waals surface area contributed by atoms with E-state index in [2.05, 4.69) is 39.8 Å². The predicted octanol–water partition coefficient (Wildman–Crippen LogP) is 4.27. The minimum atomic E-state index is -0.241. The first-order valence-electron chi connectivity index (χ1n) is 6.87. The molecular formula is C16H27BO. The number of benzene rings is 1. The lowest BCUT2D eigenvalue weighted by molar-refractivity contribution is -0.0145. The lowest BCUT2D eigenvalue weighted by Crippen LogP contribution is -2.23. The Balaban J connectivity index is 0.00000137. The Morgan fingerprint density at radius 2 is 1.72 bits per heavy atom. The molecule has 0 aliphatic rings. The van der Waals surface area contributed by atoms with E-state index in [0.717, 1.165) is 6.61 Å². The average molecular weight is 246 g/mol. The normalized spacial score (nSPS) is 10.8. The molecule has 0 amide bonds. The van der Waals surface area contributed by atoms with Crippen LogP contribution in [0.25, 0.3) is 0 Å². The van der Waals surface area contributed by atoms with E-state index in [1.165, 1.54) is 22.3 Å². The van der Waals surface area contributed by atoms with E-state index < -0.39 is 0 Å². The second-order valence-electron chi connectivity index (χ2n) is 4.74. The minimum Gasteiger partial charge on any atom is -0.371 e. The summed E-state index contributed by atoms with van der Waals surface area (Å²) >= 11 is 0. The number of aryl methyl sites for hydroxylation is 1. The van der Waals surface area contributed by atoms with Crippen molar-refractivity contribution in [3.63, 3.8) is 0 Å². The molecule has 0 fully saturated rings. The summed E-state index contributed by atoms with van der Waals surface area (Å²) in [7, 11) is 5.76. The molecule has 0 spiro atoms. The lowest BCUT2D eigenvalue weighted by atomic mass is 9.84. The van der Waals surface area contributed by atoms with Crippen molar-refractivity contribution in [2.45, 2.75) is 60.4 Å². The predicted molar refractivity (Wildman–Crippen MR) is 81.4 cm³/mol. The van der Waals surface area contributed by atoms with Crippen LogP contribution in [0.3, 0.4) is 0 Å². The quantitative estimate of drug-likeness (QED) is 0.721. The first-order valence-corrected chi connectivity index (χ1v) is 6.87. The Bertz CT molecular complexity index is 370. The number of hydrogen-bond donors (Lipinski definition) is 0. The molecule has 0 aliphatic carbocycles. The maximum absolute atomic E-state index is 5.81. The molecule has 1 aromatic carbocycles. The molecule has 0 unspecified atom stereocenters. The van der Waals surface area contributed by atoms with Gasteiger partial charge in [0.05, 0.1) is 13.4 Å². The van der Waals surface area contributed by atoms with Crippen molar-refractivity contribution in [3.8, 4) is 0 Å². The van der Waals surface area contributed by atoms with Gasteiger partial charge in [0.15, 0.2) is 0 Å².